The van der Waals surface area contributed by atoms with Gasteiger partial charge in [0.2, 0.25) is 0 Å². The van der Waals surface area contributed by atoms with E-state index in [4.69, 9.17) is 0 Å². The van der Waals surface area contributed by atoms with Crippen molar-refractivity contribution in [2.75, 3.05) is 24.5 Å². The van der Waals surface area contributed by atoms with Gasteiger partial charge in [0.15, 0.2) is 0 Å². The first-order valence-electron chi connectivity index (χ1n) is 15.1. The first-order valence-corrected chi connectivity index (χ1v) is 15.9. The van der Waals surface area contributed by atoms with Gasteiger partial charge in [0.05, 0.1) is 34.5 Å². The van der Waals surface area contributed by atoms with Gasteiger partial charge in [-0.25, -0.2) is 4.79 Å². The zero-order valence-corrected chi connectivity index (χ0v) is 25.2. The number of aliphatic hydroxyl groups is 1. The number of likely N-dealkylation sites (tertiary alicyclic amines) is 1. The summed E-state index contributed by atoms with van der Waals surface area (Å²) in [5, 5.41) is 20.2. The number of aryl methyl sites for hydroxylation is 1. The Morgan fingerprint density at radius 2 is 1.93 bits per heavy atom. The summed E-state index contributed by atoms with van der Waals surface area (Å²) in [6.45, 7) is 1.00. The van der Waals surface area contributed by atoms with Gasteiger partial charge in [0.1, 0.15) is 6.54 Å². The Morgan fingerprint density at radius 3 is 2.67 bits per heavy atom. The largest absolute Gasteiger partial charge is 0.406 e. The van der Waals surface area contributed by atoms with E-state index in [2.05, 4.69) is 20.9 Å². The molecule has 0 amide bonds. The SMILES string of the molecule is N#Cc1cc2c(c(-c3ccnc4cc(Cn5c(=O)ccn(CC(F)(F)F)c5=O)sc34)c1)N([C@H]1CCN([C@H]3CC[C@@H]3O)C1)CCC2. The van der Waals surface area contributed by atoms with E-state index in [0.29, 0.717) is 20.5 Å². The van der Waals surface area contributed by atoms with E-state index in [0.717, 1.165) is 95.6 Å². The lowest BCUT2D eigenvalue weighted by Gasteiger charge is -2.41. The average Bonchev–Trinajstić information content (AvgIpc) is 3.65. The molecule has 9 nitrogen and oxygen atoms in total. The number of anilines is 1. The van der Waals surface area contributed by atoms with Gasteiger partial charge in [-0.05, 0) is 61.9 Å². The molecule has 3 aliphatic rings. The predicted octanol–water partition coefficient (Wildman–Crippen LogP) is 4.12. The Kier molecular flexibility index (Phi) is 7.54. The van der Waals surface area contributed by atoms with E-state index in [9.17, 15) is 33.1 Å². The predicted molar refractivity (Wildman–Crippen MR) is 165 cm³/mol. The van der Waals surface area contributed by atoms with Crippen molar-refractivity contribution >= 4 is 27.2 Å². The minimum Gasteiger partial charge on any atom is -0.391 e. The van der Waals surface area contributed by atoms with Gasteiger partial charge in [-0.3, -0.25) is 23.8 Å². The van der Waals surface area contributed by atoms with Gasteiger partial charge in [-0.2, -0.15) is 18.4 Å². The molecule has 1 saturated heterocycles. The number of hydrogen-bond acceptors (Lipinski definition) is 8. The second kappa shape index (κ2) is 11.4. The number of nitrogens with zero attached hydrogens (tertiary/aromatic N) is 6. The number of pyridine rings is 1. The van der Waals surface area contributed by atoms with Crippen LogP contribution < -0.4 is 16.1 Å². The third kappa shape index (κ3) is 5.55. The molecule has 3 atom stereocenters. The Morgan fingerprint density at radius 1 is 1.09 bits per heavy atom. The lowest BCUT2D eigenvalue weighted by molar-refractivity contribution is -0.141. The first-order chi connectivity index (χ1) is 21.6. The fourth-order valence-electron chi connectivity index (χ4n) is 7.07. The topological polar surface area (TPSA) is 107 Å². The summed E-state index contributed by atoms with van der Waals surface area (Å²) in [6.07, 6.45) is 2.35. The van der Waals surface area contributed by atoms with Crippen LogP contribution in [-0.4, -0.2) is 68.1 Å². The number of halogens is 3. The van der Waals surface area contributed by atoms with E-state index in [-0.39, 0.29) is 24.7 Å². The molecule has 3 aromatic heterocycles. The van der Waals surface area contributed by atoms with Crippen molar-refractivity contribution in [2.24, 2.45) is 0 Å². The molecule has 2 fully saturated rings. The van der Waals surface area contributed by atoms with Crippen LogP contribution in [0.1, 0.15) is 41.7 Å². The smallest absolute Gasteiger partial charge is 0.391 e. The molecule has 234 valence electrons. The molecule has 1 aromatic carbocycles. The molecule has 0 radical (unpaired) electrons. The van der Waals surface area contributed by atoms with Crippen molar-refractivity contribution in [1.29, 1.82) is 5.26 Å². The number of hydrogen-bond donors (Lipinski definition) is 1. The van der Waals surface area contributed by atoms with Crippen molar-refractivity contribution in [3.8, 4) is 17.2 Å². The van der Waals surface area contributed by atoms with Crippen molar-refractivity contribution < 1.29 is 18.3 Å². The number of benzene rings is 1. The fraction of sp³-hybridized carbons (Fsp3) is 0.438. The Bertz CT molecular complexity index is 1940. The molecule has 45 heavy (non-hydrogen) atoms. The number of rotatable bonds is 6. The molecule has 13 heteroatoms. The number of thiophene rings is 1. The summed E-state index contributed by atoms with van der Waals surface area (Å²) in [7, 11) is 0. The lowest BCUT2D eigenvalue weighted by Crippen LogP contribution is -2.51. The van der Waals surface area contributed by atoms with Crippen LogP contribution >= 0.6 is 11.3 Å². The van der Waals surface area contributed by atoms with Crippen LogP contribution in [0.2, 0.25) is 0 Å². The minimum absolute atomic E-state index is 0.190. The van der Waals surface area contributed by atoms with Gasteiger partial charge in [-0.15, -0.1) is 11.3 Å². The lowest BCUT2D eigenvalue weighted by atomic mass is 9.88. The van der Waals surface area contributed by atoms with Crippen molar-refractivity contribution in [1.82, 2.24) is 19.0 Å². The molecule has 2 aliphatic heterocycles. The monoisotopic (exact) mass is 636 g/mol. The third-order valence-corrected chi connectivity index (χ3v) is 10.5. The van der Waals surface area contributed by atoms with Crippen molar-refractivity contribution in [3.05, 3.63) is 79.6 Å². The molecule has 7 rings (SSSR count). The number of aliphatic hydroxyl groups excluding tert-OH is 1. The summed E-state index contributed by atoms with van der Waals surface area (Å²) in [4.78, 5) is 35.4. The molecule has 1 N–H and O–H groups in total. The van der Waals surface area contributed by atoms with Gasteiger partial charge in [0.25, 0.3) is 5.56 Å². The molecule has 0 unspecified atom stereocenters. The summed E-state index contributed by atoms with van der Waals surface area (Å²) < 4.78 is 41.2. The number of fused-ring (bicyclic) bond motifs is 2. The number of nitriles is 1. The maximum absolute atomic E-state index is 13.0. The summed E-state index contributed by atoms with van der Waals surface area (Å²) in [5.41, 5.74) is 3.47. The first kappa shape index (κ1) is 29.7. The van der Waals surface area contributed by atoms with Crippen molar-refractivity contribution in [3.63, 3.8) is 0 Å². The highest BCUT2D eigenvalue weighted by atomic mass is 32.1. The van der Waals surface area contributed by atoms with Gasteiger partial charge >= 0.3 is 11.9 Å². The molecule has 1 aliphatic carbocycles. The van der Waals surface area contributed by atoms with Crippen LogP contribution in [0.25, 0.3) is 21.3 Å². The van der Waals surface area contributed by atoms with Crippen LogP contribution in [0, 0.1) is 11.3 Å². The maximum Gasteiger partial charge on any atom is 0.406 e. The second-order valence-electron chi connectivity index (χ2n) is 12.1. The van der Waals surface area contributed by atoms with Crippen LogP contribution in [0.3, 0.4) is 0 Å². The van der Waals surface area contributed by atoms with E-state index in [1.54, 1.807) is 12.3 Å². The molecular weight excluding hydrogens is 605 g/mol. The van der Waals surface area contributed by atoms with Crippen LogP contribution in [0.4, 0.5) is 18.9 Å². The highest BCUT2D eigenvalue weighted by molar-refractivity contribution is 7.19. The number of aromatic nitrogens is 3. The zero-order chi connectivity index (χ0) is 31.5. The average molecular weight is 637 g/mol. The van der Waals surface area contributed by atoms with Crippen LogP contribution in [0.5, 0.6) is 0 Å². The minimum atomic E-state index is -4.61. The quantitative estimate of drug-likeness (QED) is 0.340. The molecular formula is C32H31F3N6O3S. The van der Waals surface area contributed by atoms with E-state index in [1.807, 2.05) is 18.2 Å². The molecule has 5 heterocycles. The van der Waals surface area contributed by atoms with Crippen LogP contribution in [-0.2, 0) is 19.5 Å². The zero-order valence-electron chi connectivity index (χ0n) is 24.3. The third-order valence-electron chi connectivity index (χ3n) is 9.31. The molecule has 1 saturated carbocycles. The molecule has 0 bridgehead atoms. The highest BCUT2D eigenvalue weighted by Gasteiger charge is 2.40. The van der Waals surface area contributed by atoms with E-state index >= 15 is 0 Å². The summed E-state index contributed by atoms with van der Waals surface area (Å²) >= 11 is 1.33. The Hall–Kier alpha value is -3.99. The Balaban J connectivity index is 1.28. The van der Waals surface area contributed by atoms with Gasteiger partial charge in [-0.1, -0.05) is 0 Å². The van der Waals surface area contributed by atoms with E-state index < -0.39 is 24.0 Å². The van der Waals surface area contributed by atoms with Gasteiger partial charge in [0, 0.05) is 71.9 Å². The van der Waals surface area contributed by atoms with Gasteiger partial charge < -0.3 is 10.0 Å². The maximum atomic E-state index is 13.0. The Labute approximate surface area is 260 Å². The standard InChI is InChI=1S/C32H31F3N6O3S/c33-32(34,35)18-39-11-7-28(43)41(31(39)44)17-22-14-25-30(45-22)23(5-8-37-25)24-13-19(15-36)12-20-2-1-9-40(29(20)24)21-6-10-38(16-21)26-3-4-27(26)42/h5,7-8,11-14,21,26-27,42H,1-4,6,9-10,16-18H2/t21-,26-,27-/m0/s1. The normalized spacial score (nSPS) is 21.9. The summed E-state index contributed by atoms with van der Waals surface area (Å²) in [5.74, 6) is 0. The molecule has 0 spiro atoms. The highest BCUT2D eigenvalue weighted by Crippen LogP contribution is 2.44. The van der Waals surface area contributed by atoms with E-state index in [1.165, 1.54) is 11.3 Å². The number of alkyl halides is 3. The second-order valence-corrected chi connectivity index (χ2v) is 13.3. The van der Waals surface area contributed by atoms with Crippen LogP contribution in [0.15, 0.2) is 52.3 Å². The molecule has 4 aromatic rings. The fourth-order valence-corrected chi connectivity index (χ4v) is 8.21. The van der Waals surface area contributed by atoms with Crippen molar-refractivity contribution in [2.45, 2.75) is 69.6 Å². The summed E-state index contributed by atoms with van der Waals surface area (Å²) in [6, 6.07) is 11.3.